The normalized spacial score (nSPS) is 10.6. The summed E-state index contributed by atoms with van der Waals surface area (Å²) in [4.78, 5) is 17.9. The predicted octanol–water partition coefficient (Wildman–Crippen LogP) is 3.70. The molecular formula is C17H20N2O. The Morgan fingerprint density at radius 3 is 2.35 bits per heavy atom. The Kier molecular flexibility index (Phi) is 4.51. The highest BCUT2D eigenvalue weighted by Gasteiger charge is 2.12. The Balaban J connectivity index is 2.22. The lowest BCUT2D eigenvalue weighted by atomic mass is 10.1. The molecule has 0 aliphatic heterocycles. The fourth-order valence-corrected chi connectivity index (χ4v) is 2.07. The standard InChI is InChI=1S/C17H20N2O/c1-13(2)19(12-15-7-5-4-6-8-15)17-10-9-16(11-18-17)14(3)20/h4-11,13H,12H2,1-3H3. The molecule has 1 heterocycles. The summed E-state index contributed by atoms with van der Waals surface area (Å²) in [5, 5.41) is 0. The van der Waals surface area contributed by atoms with Crippen LogP contribution < -0.4 is 4.90 Å². The maximum atomic E-state index is 11.3. The van der Waals surface area contributed by atoms with Crippen molar-refractivity contribution in [1.29, 1.82) is 0 Å². The Bertz CT molecular complexity index is 561. The molecule has 0 amide bonds. The van der Waals surface area contributed by atoms with Crippen molar-refractivity contribution >= 4 is 11.6 Å². The smallest absolute Gasteiger partial charge is 0.161 e. The molecule has 0 N–H and O–H groups in total. The number of benzene rings is 1. The summed E-state index contributed by atoms with van der Waals surface area (Å²) in [5.74, 6) is 0.942. The number of hydrogen-bond acceptors (Lipinski definition) is 3. The molecule has 104 valence electrons. The summed E-state index contributed by atoms with van der Waals surface area (Å²) < 4.78 is 0. The quantitative estimate of drug-likeness (QED) is 0.775. The molecule has 0 aliphatic rings. The average Bonchev–Trinajstić information content (AvgIpc) is 2.45. The first kappa shape index (κ1) is 14.3. The van der Waals surface area contributed by atoms with E-state index in [1.54, 1.807) is 13.1 Å². The molecule has 0 unspecified atom stereocenters. The van der Waals surface area contributed by atoms with Gasteiger partial charge in [0.2, 0.25) is 0 Å². The fraction of sp³-hybridized carbons (Fsp3) is 0.294. The molecule has 0 saturated carbocycles. The van der Waals surface area contributed by atoms with Crippen molar-refractivity contribution in [3.8, 4) is 0 Å². The van der Waals surface area contributed by atoms with Crippen LogP contribution in [0.25, 0.3) is 0 Å². The number of nitrogens with zero attached hydrogens (tertiary/aromatic N) is 2. The molecule has 0 atom stereocenters. The van der Waals surface area contributed by atoms with Gasteiger partial charge in [-0.1, -0.05) is 30.3 Å². The summed E-state index contributed by atoms with van der Waals surface area (Å²) in [7, 11) is 0. The molecule has 0 spiro atoms. The van der Waals surface area contributed by atoms with E-state index in [0.717, 1.165) is 12.4 Å². The van der Waals surface area contributed by atoms with Gasteiger partial charge in [-0.3, -0.25) is 4.79 Å². The number of carbonyl (C=O) groups is 1. The van der Waals surface area contributed by atoms with Gasteiger partial charge in [-0.2, -0.15) is 0 Å². The molecule has 1 aromatic heterocycles. The molecule has 0 radical (unpaired) electrons. The third-order valence-electron chi connectivity index (χ3n) is 3.27. The van der Waals surface area contributed by atoms with E-state index < -0.39 is 0 Å². The molecular weight excluding hydrogens is 248 g/mol. The van der Waals surface area contributed by atoms with E-state index in [1.807, 2.05) is 30.3 Å². The van der Waals surface area contributed by atoms with E-state index >= 15 is 0 Å². The monoisotopic (exact) mass is 268 g/mol. The van der Waals surface area contributed by atoms with Crippen molar-refractivity contribution < 1.29 is 4.79 Å². The molecule has 2 rings (SSSR count). The maximum Gasteiger partial charge on any atom is 0.161 e. The molecule has 0 fully saturated rings. The zero-order chi connectivity index (χ0) is 14.5. The van der Waals surface area contributed by atoms with E-state index in [2.05, 4.69) is 35.9 Å². The third-order valence-corrected chi connectivity index (χ3v) is 3.27. The Morgan fingerprint density at radius 2 is 1.85 bits per heavy atom. The average molecular weight is 268 g/mol. The van der Waals surface area contributed by atoms with Crippen LogP contribution >= 0.6 is 0 Å². The lowest BCUT2D eigenvalue weighted by Gasteiger charge is -2.28. The SMILES string of the molecule is CC(=O)c1ccc(N(Cc2ccccc2)C(C)C)nc1. The number of ketones is 1. The lowest BCUT2D eigenvalue weighted by Crippen LogP contribution is -2.30. The van der Waals surface area contributed by atoms with E-state index in [1.165, 1.54) is 5.56 Å². The Hall–Kier alpha value is -2.16. The minimum atomic E-state index is 0.0446. The van der Waals surface area contributed by atoms with E-state index in [0.29, 0.717) is 11.6 Å². The van der Waals surface area contributed by atoms with Gasteiger partial charge in [0.1, 0.15) is 5.82 Å². The highest BCUT2D eigenvalue weighted by atomic mass is 16.1. The summed E-state index contributed by atoms with van der Waals surface area (Å²) >= 11 is 0. The van der Waals surface area contributed by atoms with Gasteiger partial charge in [0.25, 0.3) is 0 Å². The second-order valence-electron chi connectivity index (χ2n) is 5.17. The minimum Gasteiger partial charge on any atom is -0.350 e. The maximum absolute atomic E-state index is 11.3. The molecule has 0 bridgehead atoms. The van der Waals surface area contributed by atoms with Crippen LogP contribution in [0.4, 0.5) is 5.82 Å². The van der Waals surface area contributed by atoms with Crippen molar-refractivity contribution in [2.24, 2.45) is 0 Å². The molecule has 1 aromatic carbocycles. The number of carbonyl (C=O) groups excluding carboxylic acids is 1. The summed E-state index contributed by atoms with van der Waals surface area (Å²) in [6, 6.07) is 14.4. The van der Waals surface area contributed by atoms with Crippen molar-refractivity contribution in [2.45, 2.75) is 33.4 Å². The molecule has 0 saturated heterocycles. The fourth-order valence-electron chi connectivity index (χ4n) is 2.07. The van der Waals surface area contributed by atoms with Gasteiger partial charge in [0.15, 0.2) is 5.78 Å². The molecule has 0 aliphatic carbocycles. The number of rotatable bonds is 5. The van der Waals surface area contributed by atoms with Crippen molar-refractivity contribution in [3.05, 3.63) is 59.8 Å². The van der Waals surface area contributed by atoms with E-state index in [9.17, 15) is 4.79 Å². The number of aromatic nitrogens is 1. The number of pyridine rings is 1. The first-order valence-corrected chi connectivity index (χ1v) is 6.85. The lowest BCUT2D eigenvalue weighted by molar-refractivity contribution is 0.101. The zero-order valence-electron chi connectivity index (χ0n) is 12.2. The van der Waals surface area contributed by atoms with Gasteiger partial charge in [0, 0.05) is 24.3 Å². The van der Waals surface area contributed by atoms with Crippen LogP contribution in [0.5, 0.6) is 0 Å². The molecule has 2 aromatic rings. The van der Waals surface area contributed by atoms with Crippen LogP contribution in [0.1, 0.15) is 36.7 Å². The van der Waals surface area contributed by atoms with Crippen LogP contribution in [-0.4, -0.2) is 16.8 Å². The van der Waals surface area contributed by atoms with Gasteiger partial charge in [-0.05, 0) is 38.5 Å². The minimum absolute atomic E-state index is 0.0446. The van der Waals surface area contributed by atoms with Gasteiger partial charge < -0.3 is 4.90 Å². The van der Waals surface area contributed by atoms with Crippen LogP contribution in [-0.2, 0) is 6.54 Å². The first-order chi connectivity index (χ1) is 9.58. The summed E-state index contributed by atoms with van der Waals surface area (Å²) in [6.07, 6.45) is 1.65. The van der Waals surface area contributed by atoms with Crippen LogP contribution in [0.2, 0.25) is 0 Å². The zero-order valence-corrected chi connectivity index (χ0v) is 12.2. The molecule has 3 heteroatoms. The topological polar surface area (TPSA) is 33.2 Å². The van der Waals surface area contributed by atoms with E-state index in [-0.39, 0.29) is 5.78 Å². The van der Waals surface area contributed by atoms with Crippen molar-refractivity contribution in [1.82, 2.24) is 4.98 Å². The first-order valence-electron chi connectivity index (χ1n) is 6.85. The molecule has 3 nitrogen and oxygen atoms in total. The Morgan fingerprint density at radius 1 is 1.15 bits per heavy atom. The highest BCUT2D eigenvalue weighted by Crippen LogP contribution is 2.18. The van der Waals surface area contributed by atoms with Crippen LogP contribution in [0.3, 0.4) is 0 Å². The second-order valence-corrected chi connectivity index (χ2v) is 5.17. The van der Waals surface area contributed by atoms with Gasteiger partial charge in [-0.25, -0.2) is 4.98 Å². The number of Topliss-reactive ketones (excluding diaryl/α,β-unsaturated/α-hetero) is 1. The van der Waals surface area contributed by atoms with Gasteiger partial charge in [0.05, 0.1) is 0 Å². The predicted molar refractivity (Wildman–Crippen MR) is 82.0 cm³/mol. The van der Waals surface area contributed by atoms with E-state index in [4.69, 9.17) is 0 Å². The van der Waals surface area contributed by atoms with Gasteiger partial charge >= 0.3 is 0 Å². The van der Waals surface area contributed by atoms with Crippen LogP contribution in [0.15, 0.2) is 48.7 Å². The molecule has 20 heavy (non-hydrogen) atoms. The summed E-state index contributed by atoms with van der Waals surface area (Å²) in [5.41, 5.74) is 1.90. The summed E-state index contributed by atoms with van der Waals surface area (Å²) in [6.45, 7) is 6.65. The largest absolute Gasteiger partial charge is 0.350 e. The van der Waals surface area contributed by atoms with Crippen molar-refractivity contribution in [2.75, 3.05) is 4.90 Å². The number of hydrogen-bond donors (Lipinski definition) is 0. The van der Waals surface area contributed by atoms with Crippen molar-refractivity contribution in [3.63, 3.8) is 0 Å². The third kappa shape index (κ3) is 3.44. The second kappa shape index (κ2) is 6.33. The highest BCUT2D eigenvalue weighted by molar-refractivity contribution is 5.93. The number of anilines is 1. The van der Waals surface area contributed by atoms with Gasteiger partial charge in [-0.15, -0.1) is 0 Å². The Labute approximate surface area is 120 Å². The van der Waals surface area contributed by atoms with Crippen LogP contribution in [0, 0.1) is 0 Å².